The second-order valence-corrected chi connectivity index (χ2v) is 29.5. The van der Waals surface area contributed by atoms with Gasteiger partial charge in [0.25, 0.3) is 11.1 Å². The zero-order valence-electron chi connectivity index (χ0n) is 59.0. The fraction of sp³-hybridized carbons (Fsp3) is 0.280. The van der Waals surface area contributed by atoms with Crippen molar-refractivity contribution < 1.29 is 31.4 Å². The van der Waals surface area contributed by atoms with Gasteiger partial charge in [0, 0.05) is 145 Å². The molecule has 9 atom stereocenters. The zero-order chi connectivity index (χ0) is 74.9. The van der Waals surface area contributed by atoms with Gasteiger partial charge in [-0.2, -0.15) is 10.1 Å². The fourth-order valence-corrected chi connectivity index (χ4v) is 19.1. The molecule has 0 amide bonds. The summed E-state index contributed by atoms with van der Waals surface area (Å²) >= 11 is 0. The van der Waals surface area contributed by atoms with E-state index in [-0.39, 0.29) is 84.4 Å². The standard InChI is InChI=1S/C29H26F2N6O2.C28H25FN6.C25H23F3N6O/c1-36-27(39)23-18(15-6-7-17-16(24(15)31)8-10-33-26(17)38)12-34-25(23)35-28(36)37-11-9-19-21(13-37)29(19,14-32)20-4-2-3-5-22(20)30;29-22-7-3-2-6-20(22)28(17-30)19-10-13-34(16-21(19)28)26-15-32-27-24(33-26)11-14-35(27)25-9-12-31-23-8-4-1-5-18(23)25;26-18-4-2-1-3-16(18)25(12-29)15-5-6-34(10-17(15)25)21-9-30-23-22(32-33-24(23)31-21)13-7-19(27)14(11-35)20(28)8-13/h2-8,10,12,19,21,34H,9,11,13-14,32H2,1H3,(H,33,38);1-9,11-12,14-15,19,21H,10,13,16-17,30H2;1-4,7-9,15,17,35H,5-6,10-12,29H2,(H,31,32,33)/t19-,21+,29-;19-,21+,28-;15-,17+,25-/m111/s1. The molecule has 21 nitrogen and oxygen atoms in total. The molecule has 6 fully saturated rings. The number of nitrogens with two attached hydrogens (primary N) is 3. The van der Waals surface area contributed by atoms with Crippen LogP contribution in [0.5, 0.6) is 0 Å². The maximum Gasteiger partial charge on any atom is 0.264 e. The molecule has 552 valence electrons. The summed E-state index contributed by atoms with van der Waals surface area (Å²) in [7, 11) is 1.66. The van der Waals surface area contributed by atoms with Crippen LogP contribution >= 0.6 is 0 Å². The van der Waals surface area contributed by atoms with Crippen molar-refractivity contribution in [1.29, 1.82) is 0 Å². The third kappa shape index (κ3) is 10.9. The van der Waals surface area contributed by atoms with Crippen molar-refractivity contribution in [2.45, 2.75) is 42.1 Å². The van der Waals surface area contributed by atoms with Crippen LogP contribution < -0.4 is 43.0 Å². The number of anilines is 3. The van der Waals surface area contributed by atoms with Crippen LogP contribution in [0.1, 0.15) is 41.5 Å². The maximum absolute atomic E-state index is 15.5. The molecule has 0 spiro atoms. The molecule has 27 heteroatoms. The van der Waals surface area contributed by atoms with Crippen molar-refractivity contribution in [1.82, 2.24) is 59.2 Å². The molecule has 14 aromatic rings. The molecule has 6 aromatic carbocycles. The van der Waals surface area contributed by atoms with Gasteiger partial charge in [-0.15, -0.1) is 0 Å². The van der Waals surface area contributed by atoms with E-state index in [1.807, 2.05) is 85.3 Å². The molecule has 6 aliphatic rings. The number of H-pyrrole nitrogens is 3. The number of halogens is 6. The zero-order valence-corrected chi connectivity index (χ0v) is 59.0. The van der Waals surface area contributed by atoms with Crippen molar-refractivity contribution in [2.75, 3.05) is 73.6 Å². The Balaban J connectivity index is 0.000000115. The predicted molar refractivity (Wildman–Crippen MR) is 405 cm³/mol. The lowest BCUT2D eigenvalue weighted by Gasteiger charge is -2.28. The average Bonchev–Trinajstić information content (AvgIpc) is 1.53. The SMILES string of the molecule is Cn1c(N2CC[C@@H]3[C@H](C2)[C@@]3(CN)c2ccccc2F)nc2[nH]cc(-c3ccc4c(=O)[nH]ccc4c3F)c2c1=O.NC[C@]1(c2ccccc2F)[C@@H]2CCN(c3cnc4c(-c5cc(F)c(CO)c(F)c5)[nH]nc4n3)C[C@@H]21.NC[C@]1(c2ccccc2F)[C@@H]2CCN(c3cnc4c(ccn4-c4ccnc5ccccc45)n3)C[C@@H]21. The van der Waals surface area contributed by atoms with Crippen LogP contribution in [0, 0.1) is 70.4 Å². The Labute approximate surface area is 618 Å². The first-order chi connectivity index (χ1) is 53.0. The third-order valence-electron chi connectivity index (χ3n) is 24.7. The minimum Gasteiger partial charge on any atom is -0.391 e. The van der Waals surface area contributed by atoms with E-state index in [2.05, 4.69) is 60.5 Å². The van der Waals surface area contributed by atoms with E-state index in [1.54, 1.807) is 49.8 Å². The Bertz CT molecular complexity index is 6060. The van der Waals surface area contributed by atoms with Crippen LogP contribution in [-0.4, -0.2) is 123 Å². The van der Waals surface area contributed by atoms with Crippen LogP contribution in [0.2, 0.25) is 0 Å². The number of aromatic amines is 3. The quantitative estimate of drug-likeness (QED) is 0.0528. The number of hydrogen-bond acceptors (Lipinski definition) is 16. The van der Waals surface area contributed by atoms with Crippen LogP contribution in [0.25, 0.3) is 83.1 Å². The number of rotatable bonds is 13. The number of pyridine rings is 2. The topological polar surface area (TPSA) is 290 Å². The van der Waals surface area contributed by atoms with E-state index in [0.29, 0.717) is 108 Å². The number of aliphatic hydroxyl groups excluding tert-OH is 1. The Kier molecular flexibility index (Phi) is 16.9. The number of nitrogens with zero attached hydrogens (tertiary/aromatic N) is 12. The molecule has 3 aliphatic heterocycles. The number of nitrogens with one attached hydrogen (secondary N) is 3. The second kappa shape index (κ2) is 26.6. The van der Waals surface area contributed by atoms with E-state index in [4.69, 9.17) is 37.3 Å². The molecule has 11 heterocycles. The number of aliphatic hydroxyl groups is 1. The highest BCUT2D eigenvalue weighted by Crippen LogP contribution is 2.66. The fourth-order valence-electron chi connectivity index (χ4n) is 19.1. The first kappa shape index (κ1) is 69.1. The van der Waals surface area contributed by atoms with Crippen molar-refractivity contribution in [3.63, 3.8) is 0 Å². The average molecular weight is 1470 g/mol. The smallest absolute Gasteiger partial charge is 0.264 e. The molecule has 3 saturated carbocycles. The van der Waals surface area contributed by atoms with Gasteiger partial charge in [0.1, 0.15) is 63.2 Å². The van der Waals surface area contributed by atoms with Crippen molar-refractivity contribution in [2.24, 2.45) is 59.8 Å². The molecule has 10 N–H and O–H groups in total. The summed E-state index contributed by atoms with van der Waals surface area (Å²) in [5.74, 6) is 0.808. The van der Waals surface area contributed by atoms with Gasteiger partial charge < -0.3 is 47.0 Å². The summed E-state index contributed by atoms with van der Waals surface area (Å²) in [6.45, 7) is 4.81. The lowest BCUT2D eigenvalue weighted by molar-refractivity contribution is 0.269. The summed E-state index contributed by atoms with van der Waals surface area (Å²) in [5, 5.41) is 17.9. The van der Waals surface area contributed by atoms with Gasteiger partial charge in [-0.25, -0.2) is 46.3 Å². The molecular weight excluding hydrogens is 1400 g/mol. The molecule has 0 bridgehead atoms. The number of benzene rings is 6. The van der Waals surface area contributed by atoms with Crippen LogP contribution in [0.3, 0.4) is 0 Å². The number of hydrogen-bond donors (Lipinski definition) is 7. The van der Waals surface area contributed by atoms with Gasteiger partial charge in [-0.05, 0) is 132 Å². The molecule has 3 saturated heterocycles. The molecule has 0 unspecified atom stereocenters. The van der Waals surface area contributed by atoms with E-state index >= 15 is 4.39 Å². The number of fused-ring (bicyclic) bond motifs is 8. The highest BCUT2D eigenvalue weighted by Gasteiger charge is 2.69. The van der Waals surface area contributed by atoms with E-state index in [9.17, 15) is 31.5 Å². The Morgan fingerprint density at radius 2 is 1.13 bits per heavy atom. The molecule has 3 aliphatic carbocycles. The number of para-hydroxylation sites is 1. The van der Waals surface area contributed by atoms with Crippen LogP contribution in [0.15, 0.2) is 186 Å². The number of aromatic nitrogens is 12. The molecule has 0 radical (unpaired) electrons. The highest BCUT2D eigenvalue weighted by molar-refractivity contribution is 5.97. The summed E-state index contributed by atoms with van der Waals surface area (Å²) < 4.78 is 91.5. The second-order valence-electron chi connectivity index (χ2n) is 29.5. The summed E-state index contributed by atoms with van der Waals surface area (Å²) in [6.07, 6.45) is 12.9. The van der Waals surface area contributed by atoms with Crippen LogP contribution in [-0.2, 0) is 29.9 Å². The van der Waals surface area contributed by atoms with E-state index < -0.39 is 35.0 Å². The van der Waals surface area contributed by atoms with Crippen molar-refractivity contribution in [3.8, 4) is 28.1 Å². The van der Waals surface area contributed by atoms with Gasteiger partial charge in [0.15, 0.2) is 5.65 Å². The van der Waals surface area contributed by atoms with Gasteiger partial charge >= 0.3 is 0 Å². The summed E-state index contributed by atoms with van der Waals surface area (Å²) in [4.78, 5) is 65.9. The van der Waals surface area contributed by atoms with Gasteiger partial charge in [-0.3, -0.25) is 28.8 Å². The van der Waals surface area contributed by atoms with Gasteiger partial charge in [-0.1, -0.05) is 78.9 Å². The Morgan fingerprint density at radius 1 is 0.560 bits per heavy atom. The minimum atomic E-state index is -0.847. The summed E-state index contributed by atoms with van der Waals surface area (Å²) in [6, 6.07) is 39.7. The van der Waals surface area contributed by atoms with Crippen LogP contribution in [0.4, 0.5) is 43.9 Å². The van der Waals surface area contributed by atoms with Gasteiger partial charge in [0.2, 0.25) is 11.6 Å². The van der Waals surface area contributed by atoms with E-state index in [0.717, 1.165) is 90.2 Å². The highest BCUT2D eigenvalue weighted by atomic mass is 19.2. The first-order valence-electron chi connectivity index (χ1n) is 36.5. The predicted octanol–water partition coefficient (Wildman–Crippen LogP) is 11.1. The minimum absolute atomic E-state index is 0.148. The first-order valence-corrected chi connectivity index (χ1v) is 36.5. The molecule has 20 rings (SSSR count). The Morgan fingerprint density at radius 3 is 1.73 bits per heavy atom. The Hall–Kier alpha value is -11.7. The monoisotopic (exact) mass is 1470 g/mol. The third-order valence-corrected chi connectivity index (χ3v) is 24.7. The lowest BCUT2D eigenvalue weighted by Crippen LogP contribution is -2.37. The van der Waals surface area contributed by atoms with Crippen molar-refractivity contribution in [3.05, 3.63) is 255 Å². The van der Waals surface area contributed by atoms with Crippen molar-refractivity contribution >= 4 is 72.6 Å². The summed E-state index contributed by atoms with van der Waals surface area (Å²) in [5.41, 5.74) is 24.5. The molecular formula is C82H74F6N18O3. The normalized spacial score (nSPS) is 23.1. The molecule has 109 heavy (non-hydrogen) atoms. The van der Waals surface area contributed by atoms with Gasteiger partial charge in [0.05, 0.1) is 41.3 Å². The number of piperidine rings is 3. The lowest BCUT2D eigenvalue weighted by atomic mass is 9.91. The van der Waals surface area contributed by atoms with E-state index in [1.165, 1.54) is 35.0 Å². The largest absolute Gasteiger partial charge is 0.391 e. The maximum atomic E-state index is 15.5. The molecule has 8 aromatic heterocycles.